The number of rotatable bonds is 7. The van der Waals surface area contributed by atoms with Crippen molar-refractivity contribution in [2.45, 2.75) is 44.8 Å². The lowest BCUT2D eigenvalue weighted by atomic mass is 10.0. The van der Waals surface area contributed by atoms with Crippen molar-refractivity contribution in [3.05, 3.63) is 35.6 Å². The fourth-order valence-electron chi connectivity index (χ4n) is 3.18. The third-order valence-corrected chi connectivity index (χ3v) is 4.62. The SMILES string of the molecule is CCC1CCCCN1CCNC(=O)NCC(O)c1ccc(F)cc1. The number of halogens is 1. The Balaban J connectivity index is 1.65. The van der Waals surface area contributed by atoms with E-state index >= 15 is 0 Å². The van der Waals surface area contributed by atoms with Crippen molar-refractivity contribution in [2.75, 3.05) is 26.2 Å². The van der Waals surface area contributed by atoms with E-state index in [1.54, 1.807) is 0 Å². The number of aliphatic hydroxyl groups is 1. The molecule has 6 heteroatoms. The molecule has 0 saturated carbocycles. The highest BCUT2D eigenvalue weighted by Crippen LogP contribution is 2.18. The number of piperidine rings is 1. The van der Waals surface area contributed by atoms with Crippen molar-refractivity contribution >= 4 is 6.03 Å². The maximum Gasteiger partial charge on any atom is 0.314 e. The summed E-state index contributed by atoms with van der Waals surface area (Å²) >= 11 is 0. The number of urea groups is 1. The number of hydrogen-bond donors (Lipinski definition) is 3. The minimum atomic E-state index is -0.845. The largest absolute Gasteiger partial charge is 0.387 e. The summed E-state index contributed by atoms with van der Waals surface area (Å²) in [5.41, 5.74) is 0.579. The van der Waals surface area contributed by atoms with E-state index in [2.05, 4.69) is 22.5 Å². The lowest BCUT2D eigenvalue weighted by molar-refractivity contribution is 0.144. The molecular formula is C18H28FN3O2. The maximum absolute atomic E-state index is 12.8. The van der Waals surface area contributed by atoms with Crippen molar-refractivity contribution in [1.29, 1.82) is 0 Å². The molecule has 134 valence electrons. The molecule has 3 N–H and O–H groups in total. The fraction of sp³-hybridized carbons (Fsp3) is 0.611. The molecule has 5 nitrogen and oxygen atoms in total. The van der Waals surface area contributed by atoms with E-state index in [1.165, 1.54) is 43.5 Å². The molecule has 0 aromatic heterocycles. The molecule has 24 heavy (non-hydrogen) atoms. The van der Waals surface area contributed by atoms with Gasteiger partial charge in [0.2, 0.25) is 0 Å². The molecule has 1 aliphatic rings. The Labute approximate surface area is 143 Å². The summed E-state index contributed by atoms with van der Waals surface area (Å²) in [6.45, 7) is 4.85. The van der Waals surface area contributed by atoms with E-state index in [4.69, 9.17) is 0 Å². The summed E-state index contributed by atoms with van der Waals surface area (Å²) in [4.78, 5) is 14.3. The van der Waals surface area contributed by atoms with Crippen molar-refractivity contribution in [2.24, 2.45) is 0 Å². The molecule has 1 aliphatic heterocycles. The Morgan fingerprint density at radius 2 is 2.08 bits per heavy atom. The summed E-state index contributed by atoms with van der Waals surface area (Å²) in [6.07, 6.45) is 4.07. The van der Waals surface area contributed by atoms with E-state index in [-0.39, 0.29) is 18.4 Å². The molecule has 0 radical (unpaired) electrons. The van der Waals surface area contributed by atoms with Gasteiger partial charge in [-0.2, -0.15) is 0 Å². The van der Waals surface area contributed by atoms with Crippen LogP contribution < -0.4 is 10.6 Å². The Morgan fingerprint density at radius 3 is 2.79 bits per heavy atom. The lowest BCUT2D eigenvalue weighted by Crippen LogP contribution is -2.45. The molecule has 0 aliphatic carbocycles. The molecule has 0 bridgehead atoms. The Bertz CT molecular complexity index is 509. The zero-order valence-corrected chi connectivity index (χ0v) is 14.3. The summed E-state index contributed by atoms with van der Waals surface area (Å²) in [6, 6.07) is 5.95. The van der Waals surface area contributed by atoms with Crippen LogP contribution in [0.4, 0.5) is 9.18 Å². The minimum Gasteiger partial charge on any atom is -0.387 e. The molecule has 1 aromatic carbocycles. The first kappa shape index (κ1) is 18.7. The predicted octanol–water partition coefficient (Wildman–Crippen LogP) is 2.42. The van der Waals surface area contributed by atoms with Crippen LogP contribution in [0.2, 0.25) is 0 Å². The monoisotopic (exact) mass is 337 g/mol. The molecule has 1 heterocycles. The molecule has 1 saturated heterocycles. The fourth-order valence-corrected chi connectivity index (χ4v) is 3.18. The predicted molar refractivity (Wildman–Crippen MR) is 92.3 cm³/mol. The Hall–Kier alpha value is -1.66. The van der Waals surface area contributed by atoms with Crippen molar-refractivity contribution < 1.29 is 14.3 Å². The topological polar surface area (TPSA) is 64.6 Å². The van der Waals surface area contributed by atoms with Crippen LogP contribution in [0, 0.1) is 5.82 Å². The molecule has 0 spiro atoms. The third kappa shape index (κ3) is 5.76. The van der Waals surface area contributed by atoms with Gasteiger partial charge in [-0.25, -0.2) is 9.18 Å². The standard InChI is InChI=1S/C18H28FN3O2/c1-2-16-5-3-4-11-22(16)12-10-20-18(24)21-13-17(23)14-6-8-15(19)9-7-14/h6-9,16-17,23H,2-5,10-13H2,1H3,(H2,20,21,24). The van der Waals surface area contributed by atoms with E-state index < -0.39 is 6.10 Å². The highest BCUT2D eigenvalue weighted by molar-refractivity contribution is 5.73. The van der Waals surface area contributed by atoms with Gasteiger partial charge < -0.3 is 15.7 Å². The van der Waals surface area contributed by atoms with Crippen LogP contribution in [0.1, 0.15) is 44.3 Å². The number of carbonyl (C=O) groups is 1. The number of benzene rings is 1. The molecule has 2 unspecified atom stereocenters. The average molecular weight is 337 g/mol. The van der Waals surface area contributed by atoms with Crippen molar-refractivity contribution in [3.63, 3.8) is 0 Å². The van der Waals surface area contributed by atoms with E-state index in [0.717, 1.165) is 19.5 Å². The van der Waals surface area contributed by atoms with E-state index in [9.17, 15) is 14.3 Å². The first-order valence-electron chi connectivity index (χ1n) is 8.79. The average Bonchev–Trinajstić information content (AvgIpc) is 2.60. The van der Waals surface area contributed by atoms with Gasteiger partial charge >= 0.3 is 6.03 Å². The smallest absolute Gasteiger partial charge is 0.314 e. The quantitative estimate of drug-likeness (QED) is 0.716. The lowest BCUT2D eigenvalue weighted by Gasteiger charge is -2.35. The van der Waals surface area contributed by atoms with Crippen LogP contribution in [-0.4, -0.2) is 48.3 Å². The van der Waals surface area contributed by atoms with Crippen molar-refractivity contribution in [1.82, 2.24) is 15.5 Å². The second kappa shape index (κ2) is 9.59. The van der Waals surface area contributed by atoms with Gasteiger partial charge in [-0.05, 0) is 43.5 Å². The molecular weight excluding hydrogens is 309 g/mol. The highest BCUT2D eigenvalue weighted by Gasteiger charge is 2.20. The maximum atomic E-state index is 12.8. The van der Waals surface area contributed by atoms with Crippen LogP contribution in [0.15, 0.2) is 24.3 Å². The van der Waals surface area contributed by atoms with Gasteiger partial charge in [0, 0.05) is 25.7 Å². The summed E-state index contributed by atoms with van der Waals surface area (Å²) in [7, 11) is 0. The van der Waals surface area contributed by atoms with Crippen LogP contribution in [-0.2, 0) is 0 Å². The Kier molecular flexibility index (Phi) is 7.46. The van der Waals surface area contributed by atoms with Gasteiger partial charge in [-0.3, -0.25) is 4.90 Å². The number of nitrogens with one attached hydrogen (secondary N) is 2. The summed E-state index contributed by atoms with van der Waals surface area (Å²) in [5, 5.41) is 15.5. The van der Waals surface area contributed by atoms with Gasteiger partial charge in [0.15, 0.2) is 0 Å². The van der Waals surface area contributed by atoms with E-state index in [1.807, 2.05) is 0 Å². The molecule has 2 atom stereocenters. The first-order chi connectivity index (χ1) is 11.6. The van der Waals surface area contributed by atoms with Crippen LogP contribution >= 0.6 is 0 Å². The molecule has 1 aromatic rings. The number of nitrogens with zero attached hydrogens (tertiary/aromatic N) is 1. The van der Waals surface area contributed by atoms with Crippen molar-refractivity contribution in [3.8, 4) is 0 Å². The first-order valence-corrected chi connectivity index (χ1v) is 8.79. The van der Waals surface area contributed by atoms with Crippen LogP contribution in [0.5, 0.6) is 0 Å². The highest BCUT2D eigenvalue weighted by atomic mass is 19.1. The number of amides is 2. The van der Waals surface area contributed by atoms with E-state index in [0.29, 0.717) is 18.2 Å². The van der Waals surface area contributed by atoms with Gasteiger partial charge in [-0.1, -0.05) is 25.5 Å². The van der Waals surface area contributed by atoms with Crippen LogP contribution in [0.25, 0.3) is 0 Å². The molecule has 1 fully saturated rings. The summed E-state index contributed by atoms with van der Waals surface area (Å²) in [5.74, 6) is -0.347. The number of aliphatic hydroxyl groups excluding tert-OH is 1. The Morgan fingerprint density at radius 1 is 1.33 bits per heavy atom. The number of hydrogen-bond acceptors (Lipinski definition) is 3. The number of carbonyl (C=O) groups excluding carboxylic acids is 1. The zero-order valence-electron chi connectivity index (χ0n) is 14.3. The van der Waals surface area contributed by atoms with Gasteiger partial charge in [-0.15, -0.1) is 0 Å². The van der Waals surface area contributed by atoms with Gasteiger partial charge in [0.25, 0.3) is 0 Å². The zero-order chi connectivity index (χ0) is 17.4. The van der Waals surface area contributed by atoms with Crippen LogP contribution in [0.3, 0.4) is 0 Å². The number of likely N-dealkylation sites (tertiary alicyclic amines) is 1. The normalized spacial score (nSPS) is 19.7. The second-order valence-electron chi connectivity index (χ2n) is 6.30. The molecule has 2 amide bonds. The molecule has 2 rings (SSSR count). The van der Waals surface area contributed by atoms with Gasteiger partial charge in [0.05, 0.1) is 6.10 Å². The minimum absolute atomic E-state index is 0.0960. The summed E-state index contributed by atoms with van der Waals surface area (Å²) < 4.78 is 12.8. The third-order valence-electron chi connectivity index (χ3n) is 4.62. The second-order valence-corrected chi connectivity index (χ2v) is 6.30. The van der Waals surface area contributed by atoms with Gasteiger partial charge in [0.1, 0.15) is 5.82 Å².